The maximum absolute atomic E-state index is 13.1. The van der Waals surface area contributed by atoms with Crippen LogP contribution in [0.5, 0.6) is 23.0 Å². The van der Waals surface area contributed by atoms with Gasteiger partial charge in [-0.25, -0.2) is 0 Å². The molecule has 6 rings (SSSR count). The first-order valence-corrected chi connectivity index (χ1v) is 9.34. The summed E-state index contributed by atoms with van der Waals surface area (Å²) >= 11 is 0. The fourth-order valence-electron chi connectivity index (χ4n) is 5.30. The van der Waals surface area contributed by atoms with Gasteiger partial charge in [0.1, 0.15) is 34.7 Å². The number of phenolic OH excluding ortho intramolecular Hbond substituents is 3. The van der Waals surface area contributed by atoms with Crippen LogP contribution < -0.4 is 4.74 Å². The second-order valence-corrected chi connectivity index (χ2v) is 7.89. The lowest BCUT2D eigenvalue weighted by molar-refractivity contribution is -0.0613. The molecule has 3 aromatic carbocycles. The fourth-order valence-corrected chi connectivity index (χ4v) is 5.30. The van der Waals surface area contributed by atoms with E-state index in [1.54, 1.807) is 36.4 Å². The highest BCUT2D eigenvalue weighted by Crippen LogP contribution is 2.65. The number of carbonyl (C=O) groups excluding carboxylic acids is 1. The van der Waals surface area contributed by atoms with Crippen molar-refractivity contribution in [3.05, 3.63) is 70.8 Å². The average molecular weight is 388 g/mol. The van der Waals surface area contributed by atoms with E-state index in [4.69, 9.17) is 4.74 Å². The maximum atomic E-state index is 13.1. The molecule has 0 amide bonds. The van der Waals surface area contributed by atoms with E-state index in [1.165, 1.54) is 6.07 Å². The Hall–Kier alpha value is -3.51. The number of para-hydroxylation sites is 1. The van der Waals surface area contributed by atoms with Gasteiger partial charge in [0.25, 0.3) is 0 Å². The van der Waals surface area contributed by atoms with Crippen LogP contribution >= 0.6 is 0 Å². The summed E-state index contributed by atoms with van der Waals surface area (Å²) in [5.74, 6) is -1.13. The molecule has 0 fully saturated rings. The molecule has 0 unspecified atom stereocenters. The molecule has 0 aromatic heterocycles. The van der Waals surface area contributed by atoms with Crippen molar-refractivity contribution < 1.29 is 30.0 Å². The first-order chi connectivity index (χ1) is 13.9. The van der Waals surface area contributed by atoms with Crippen molar-refractivity contribution in [3.8, 4) is 34.1 Å². The molecule has 6 heteroatoms. The number of hydrogen-bond donors (Lipinski definition) is 4. The van der Waals surface area contributed by atoms with E-state index in [2.05, 4.69) is 0 Å². The number of rotatable bonds is 0. The zero-order valence-electron chi connectivity index (χ0n) is 15.1. The molecule has 1 aliphatic heterocycles. The molecule has 144 valence electrons. The van der Waals surface area contributed by atoms with Crippen LogP contribution in [0.1, 0.15) is 45.5 Å². The molecule has 0 saturated heterocycles. The quantitative estimate of drug-likeness (QED) is 0.470. The van der Waals surface area contributed by atoms with Gasteiger partial charge in [0.15, 0.2) is 5.78 Å². The second kappa shape index (κ2) is 5.10. The Morgan fingerprint density at radius 1 is 0.966 bits per heavy atom. The zero-order chi connectivity index (χ0) is 20.1. The van der Waals surface area contributed by atoms with Crippen LogP contribution in [0.2, 0.25) is 0 Å². The van der Waals surface area contributed by atoms with Crippen LogP contribution in [-0.2, 0) is 5.60 Å². The van der Waals surface area contributed by atoms with E-state index >= 15 is 0 Å². The normalized spacial score (nSPS) is 25.5. The van der Waals surface area contributed by atoms with Crippen LogP contribution in [0.15, 0.2) is 48.5 Å². The Morgan fingerprint density at radius 2 is 1.72 bits per heavy atom. The lowest BCUT2D eigenvalue weighted by atomic mass is 9.59. The Balaban J connectivity index is 1.80. The molecule has 4 N–H and O–H groups in total. The first-order valence-electron chi connectivity index (χ1n) is 9.34. The summed E-state index contributed by atoms with van der Waals surface area (Å²) in [5, 5.41) is 43.1. The van der Waals surface area contributed by atoms with Gasteiger partial charge >= 0.3 is 0 Å². The molecule has 3 aliphatic rings. The largest absolute Gasteiger partial charge is 0.508 e. The molecular weight excluding hydrogens is 372 g/mol. The third-order valence-corrected chi connectivity index (χ3v) is 6.38. The summed E-state index contributed by atoms with van der Waals surface area (Å²) in [6.45, 7) is 0. The predicted molar refractivity (Wildman–Crippen MR) is 102 cm³/mol. The summed E-state index contributed by atoms with van der Waals surface area (Å²) in [6, 6.07) is 12.9. The van der Waals surface area contributed by atoms with Gasteiger partial charge in [-0.1, -0.05) is 24.3 Å². The maximum Gasteiger partial charge on any atom is 0.170 e. The smallest absolute Gasteiger partial charge is 0.170 e. The fraction of sp³-hybridized carbons (Fsp3) is 0.174. The summed E-state index contributed by atoms with van der Waals surface area (Å²) in [4.78, 5) is 13.1. The number of phenols is 3. The molecule has 0 saturated carbocycles. The van der Waals surface area contributed by atoms with Gasteiger partial charge in [-0.3, -0.25) is 4.79 Å². The molecule has 6 nitrogen and oxygen atoms in total. The number of ketones is 1. The van der Waals surface area contributed by atoms with E-state index in [9.17, 15) is 25.2 Å². The highest BCUT2D eigenvalue weighted by molar-refractivity contribution is 6.06. The number of hydrogen-bond acceptors (Lipinski definition) is 6. The van der Waals surface area contributed by atoms with Crippen LogP contribution in [0.25, 0.3) is 11.1 Å². The van der Waals surface area contributed by atoms with Crippen LogP contribution in [0, 0.1) is 0 Å². The predicted octanol–water partition coefficient (Wildman–Crippen LogP) is 3.48. The van der Waals surface area contributed by atoms with Crippen molar-refractivity contribution in [1.82, 2.24) is 0 Å². The molecule has 0 radical (unpaired) electrons. The van der Waals surface area contributed by atoms with Gasteiger partial charge in [-0.15, -0.1) is 0 Å². The van der Waals surface area contributed by atoms with Crippen molar-refractivity contribution in [2.45, 2.75) is 24.0 Å². The van der Waals surface area contributed by atoms with E-state index < -0.39 is 23.4 Å². The van der Waals surface area contributed by atoms with Crippen LogP contribution in [0.3, 0.4) is 0 Å². The summed E-state index contributed by atoms with van der Waals surface area (Å²) < 4.78 is 6.27. The van der Waals surface area contributed by atoms with Gasteiger partial charge in [0.05, 0.1) is 11.5 Å². The van der Waals surface area contributed by atoms with E-state index in [1.807, 2.05) is 0 Å². The van der Waals surface area contributed by atoms with Gasteiger partial charge in [0, 0.05) is 29.2 Å². The highest BCUT2D eigenvalue weighted by Gasteiger charge is 2.58. The molecule has 29 heavy (non-hydrogen) atoms. The van der Waals surface area contributed by atoms with Crippen molar-refractivity contribution in [2.24, 2.45) is 0 Å². The second-order valence-electron chi connectivity index (χ2n) is 7.89. The topological polar surface area (TPSA) is 107 Å². The summed E-state index contributed by atoms with van der Waals surface area (Å²) in [6.07, 6.45) is -0.912. The van der Waals surface area contributed by atoms with E-state index in [0.717, 1.165) is 6.07 Å². The average Bonchev–Trinajstić information content (AvgIpc) is 2.67. The number of ether oxygens (including phenoxy) is 1. The minimum Gasteiger partial charge on any atom is -0.508 e. The van der Waals surface area contributed by atoms with E-state index in [0.29, 0.717) is 33.6 Å². The van der Waals surface area contributed by atoms with Crippen molar-refractivity contribution in [2.75, 3.05) is 0 Å². The van der Waals surface area contributed by atoms with Gasteiger partial charge < -0.3 is 25.2 Å². The molecule has 1 heterocycles. The SMILES string of the molecule is O=C1C[C@]2(O)c3ccccc3O[C@H]3c4cc(O)ccc4-c4c(O)cc(O)c1c4[C@@H]32. The third-order valence-electron chi connectivity index (χ3n) is 6.38. The van der Waals surface area contributed by atoms with Crippen molar-refractivity contribution in [3.63, 3.8) is 0 Å². The van der Waals surface area contributed by atoms with Gasteiger partial charge in [-0.05, 0) is 29.3 Å². The minimum absolute atomic E-state index is 0.0311. The summed E-state index contributed by atoms with van der Waals surface area (Å²) in [7, 11) is 0. The van der Waals surface area contributed by atoms with Crippen molar-refractivity contribution in [1.29, 1.82) is 0 Å². The van der Waals surface area contributed by atoms with Crippen LogP contribution in [0.4, 0.5) is 0 Å². The molecule has 3 atom stereocenters. The molecule has 0 bridgehead atoms. The Labute approximate surface area is 165 Å². The number of fused-ring (bicyclic) bond motifs is 5. The standard InChI is InChI=1S/C23H16O6/c24-10-5-6-11-12(7-10)22-21-20-18(11)14(25)8-15(26)19(20)16(27)9-23(21,28)13-3-1-2-4-17(13)29-22/h1-8,21-22,24-26,28H,9H2/t21-,22-,23-/m0/s1. The number of aromatic hydroxyl groups is 3. The number of carbonyl (C=O) groups is 1. The van der Waals surface area contributed by atoms with Crippen LogP contribution in [-0.4, -0.2) is 26.2 Å². The number of aliphatic hydroxyl groups is 1. The minimum atomic E-state index is -1.57. The van der Waals surface area contributed by atoms with Gasteiger partial charge in [-0.2, -0.15) is 0 Å². The molecular formula is C23H16O6. The van der Waals surface area contributed by atoms with Gasteiger partial charge in [0.2, 0.25) is 0 Å². The first kappa shape index (κ1) is 16.4. The number of Topliss-reactive ketones (excluding diaryl/α,β-unsaturated/α-hetero) is 1. The molecule has 2 aliphatic carbocycles. The third kappa shape index (κ3) is 1.87. The Morgan fingerprint density at radius 3 is 2.55 bits per heavy atom. The lowest BCUT2D eigenvalue weighted by Gasteiger charge is -2.51. The lowest BCUT2D eigenvalue weighted by Crippen LogP contribution is -2.48. The Bertz CT molecular complexity index is 1250. The highest BCUT2D eigenvalue weighted by atomic mass is 16.5. The Kier molecular flexibility index (Phi) is 2.89. The monoisotopic (exact) mass is 388 g/mol. The van der Waals surface area contributed by atoms with E-state index in [-0.39, 0.29) is 29.2 Å². The molecule has 3 aromatic rings. The molecule has 0 spiro atoms. The zero-order valence-corrected chi connectivity index (χ0v) is 15.1. The number of benzene rings is 3. The van der Waals surface area contributed by atoms with Crippen molar-refractivity contribution >= 4 is 5.78 Å². The summed E-state index contributed by atoms with van der Waals surface area (Å²) in [5.41, 5.74) is 1.01.